The van der Waals surface area contributed by atoms with E-state index in [1.165, 1.54) is 0 Å². The predicted molar refractivity (Wildman–Crippen MR) is 330 cm³/mol. The third-order valence-electron chi connectivity index (χ3n) is 12.9. The molecule has 0 saturated carbocycles. The molecule has 81 heavy (non-hydrogen) atoms. The van der Waals surface area contributed by atoms with Gasteiger partial charge in [-0.3, -0.25) is 14.4 Å². The summed E-state index contributed by atoms with van der Waals surface area (Å²) in [5.41, 5.74) is 0. The lowest BCUT2D eigenvalue weighted by molar-refractivity contribution is -0.301. The maximum Gasteiger partial charge on any atom is 0.335 e. The van der Waals surface area contributed by atoms with Crippen LogP contribution in [-0.2, 0) is 42.9 Å². The van der Waals surface area contributed by atoms with Crippen molar-refractivity contribution in [1.82, 2.24) is 0 Å². The molecule has 12 heteroatoms. The maximum absolute atomic E-state index is 13.2. The summed E-state index contributed by atoms with van der Waals surface area (Å²) in [7, 11) is 0. The van der Waals surface area contributed by atoms with E-state index >= 15 is 0 Å². The molecule has 6 atom stereocenters. The van der Waals surface area contributed by atoms with E-state index in [0.29, 0.717) is 19.3 Å². The van der Waals surface area contributed by atoms with Gasteiger partial charge in [-0.15, -0.1) is 0 Å². The van der Waals surface area contributed by atoms with Crippen LogP contribution in [-0.4, -0.2) is 89.2 Å². The average Bonchev–Trinajstić information content (AvgIpc) is 3.46. The molecule has 0 aromatic heterocycles. The van der Waals surface area contributed by atoms with Crippen molar-refractivity contribution in [3.8, 4) is 0 Å². The van der Waals surface area contributed by atoms with Crippen LogP contribution in [0, 0.1) is 0 Å². The van der Waals surface area contributed by atoms with E-state index in [-0.39, 0.29) is 25.9 Å². The summed E-state index contributed by atoms with van der Waals surface area (Å²) in [5, 5.41) is 31.5. The van der Waals surface area contributed by atoms with Crippen molar-refractivity contribution < 1.29 is 58.2 Å². The zero-order valence-electron chi connectivity index (χ0n) is 50.0. The molecule has 1 rings (SSSR count). The molecular formula is C69H106O12. The number of esters is 3. The van der Waals surface area contributed by atoms with Gasteiger partial charge < -0.3 is 39.0 Å². The van der Waals surface area contributed by atoms with Gasteiger partial charge in [-0.1, -0.05) is 205 Å². The smallest absolute Gasteiger partial charge is 0.335 e. The number of carbonyl (C=O) groups excluding carboxylic acids is 3. The number of aliphatic carboxylic acids is 1. The second kappa shape index (κ2) is 55.2. The van der Waals surface area contributed by atoms with Gasteiger partial charge >= 0.3 is 23.9 Å². The van der Waals surface area contributed by atoms with Crippen LogP contribution in [0.3, 0.4) is 0 Å². The van der Waals surface area contributed by atoms with Crippen molar-refractivity contribution >= 4 is 23.9 Å². The van der Waals surface area contributed by atoms with Crippen LogP contribution in [0.15, 0.2) is 146 Å². The van der Waals surface area contributed by atoms with Crippen LogP contribution in [0.5, 0.6) is 0 Å². The van der Waals surface area contributed by atoms with Gasteiger partial charge in [-0.05, 0) is 135 Å². The number of carbonyl (C=O) groups is 4. The largest absolute Gasteiger partial charge is 0.479 e. The van der Waals surface area contributed by atoms with Gasteiger partial charge in [0, 0.05) is 19.3 Å². The van der Waals surface area contributed by atoms with Crippen molar-refractivity contribution in [1.29, 1.82) is 0 Å². The fourth-order valence-electron chi connectivity index (χ4n) is 8.22. The maximum atomic E-state index is 13.2. The zero-order valence-corrected chi connectivity index (χ0v) is 50.0. The highest BCUT2D eigenvalue weighted by Crippen LogP contribution is 2.26. The van der Waals surface area contributed by atoms with Gasteiger partial charge in [0.05, 0.1) is 6.61 Å². The topological polar surface area (TPSA) is 175 Å². The first-order valence-corrected chi connectivity index (χ1v) is 30.8. The molecular weight excluding hydrogens is 1020 g/mol. The summed E-state index contributed by atoms with van der Waals surface area (Å²) in [5.74, 6) is -3.25. The Morgan fingerprint density at radius 2 is 0.778 bits per heavy atom. The standard InChI is InChI=1S/C69H106O12/c1-4-7-10-13-16-19-22-25-27-29-31-33-35-38-40-43-46-49-52-55-61(70)77-58-60(79-62(71)56-53-50-47-44-42-39-36-34-32-30-28-26-23-20-17-14-11-8-5-2)59-78-69-67(65(74)64(73)66(81-69)68(75)76)80-63(72)57-54-51-48-45-41-37-24-21-18-15-12-9-6-3/h7-8,10-12,15-17,19-21,24-28,31-34,38-40,42,60,64-67,69,73-74H,4-6,9,13-14,18,22-23,29-30,35-37,41,43-59H2,1-3H3,(H,75,76)/b10-7-,11-8-,15-12-,19-16-,20-17-,24-21-,27-25-,28-26-,33-31-,34-32-,40-38-,42-39-. The number of carboxylic acid groups (broad SMARTS) is 1. The molecule has 1 aliphatic heterocycles. The summed E-state index contributed by atoms with van der Waals surface area (Å²) in [6.07, 6.45) is 66.7. The number of allylic oxidation sites excluding steroid dienone is 24. The molecule has 0 radical (unpaired) electrons. The normalized spacial score (nSPS) is 18.8. The number of rotatable bonds is 50. The van der Waals surface area contributed by atoms with Gasteiger partial charge in [-0.2, -0.15) is 0 Å². The fourth-order valence-corrected chi connectivity index (χ4v) is 8.22. The Hall–Kier alpha value is -5.40. The van der Waals surface area contributed by atoms with E-state index in [1.807, 2.05) is 0 Å². The zero-order chi connectivity index (χ0) is 58.9. The van der Waals surface area contributed by atoms with Crippen molar-refractivity contribution in [3.63, 3.8) is 0 Å². The molecule has 1 aliphatic rings. The number of ether oxygens (including phenoxy) is 5. The summed E-state index contributed by atoms with van der Waals surface area (Å²) in [6.45, 7) is 5.62. The minimum absolute atomic E-state index is 0.0281. The number of hydrogen-bond donors (Lipinski definition) is 3. The van der Waals surface area contributed by atoms with Crippen molar-refractivity contribution in [2.45, 2.75) is 250 Å². The SMILES string of the molecule is CC/C=C\C/C=C\C/C=C\C/C=C\C/C=C\CCCCCC(=O)OCC(COC1OC(C(=O)O)C(O)C(O)C1OC(=O)CCCCCCC/C=C\C/C=C\CCC)OC(=O)CCCCC/C=C\C/C=C\C/C=C\C/C=C\C/C=C\CC. The molecule has 0 aliphatic carbocycles. The Balaban J connectivity index is 2.75. The number of hydrogen-bond acceptors (Lipinski definition) is 11. The average molecular weight is 1130 g/mol. The van der Waals surface area contributed by atoms with Crippen LogP contribution >= 0.6 is 0 Å². The molecule has 0 aromatic carbocycles. The molecule has 0 aromatic rings. The lowest BCUT2D eigenvalue weighted by atomic mass is 9.98. The summed E-state index contributed by atoms with van der Waals surface area (Å²) >= 11 is 0. The molecule has 1 saturated heterocycles. The van der Waals surface area contributed by atoms with E-state index in [0.717, 1.165) is 154 Å². The number of aliphatic hydroxyl groups excluding tert-OH is 2. The third kappa shape index (κ3) is 44.9. The Kier molecular flexibility index (Phi) is 50.1. The number of carboxylic acids is 1. The highest BCUT2D eigenvalue weighted by molar-refractivity contribution is 5.74. The first-order chi connectivity index (χ1) is 39.6. The first-order valence-electron chi connectivity index (χ1n) is 30.8. The molecule has 12 nitrogen and oxygen atoms in total. The highest BCUT2D eigenvalue weighted by Gasteiger charge is 2.50. The second-order valence-corrected chi connectivity index (χ2v) is 20.2. The Morgan fingerprint density at radius 1 is 0.420 bits per heavy atom. The van der Waals surface area contributed by atoms with Crippen LogP contribution in [0.1, 0.15) is 213 Å². The lowest BCUT2D eigenvalue weighted by Gasteiger charge is -2.40. The summed E-state index contributed by atoms with van der Waals surface area (Å²) < 4.78 is 28.4. The van der Waals surface area contributed by atoms with Crippen LogP contribution in [0.4, 0.5) is 0 Å². The van der Waals surface area contributed by atoms with E-state index in [4.69, 9.17) is 23.7 Å². The van der Waals surface area contributed by atoms with Gasteiger partial charge in [0.15, 0.2) is 24.6 Å². The second-order valence-electron chi connectivity index (χ2n) is 20.2. The summed E-state index contributed by atoms with van der Waals surface area (Å²) in [6, 6.07) is 0. The van der Waals surface area contributed by atoms with Crippen molar-refractivity contribution in [2.24, 2.45) is 0 Å². The highest BCUT2D eigenvalue weighted by atomic mass is 16.7. The van der Waals surface area contributed by atoms with Gasteiger partial charge in [0.25, 0.3) is 0 Å². The molecule has 0 bridgehead atoms. The van der Waals surface area contributed by atoms with Gasteiger partial charge in [-0.25, -0.2) is 4.79 Å². The van der Waals surface area contributed by atoms with E-state index in [1.54, 1.807) is 0 Å². The monoisotopic (exact) mass is 1130 g/mol. The fraction of sp³-hybridized carbons (Fsp3) is 0.594. The molecule has 1 heterocycles. The molecule has 0 spiro atoms. The first kappa shape index (κ1) is 73.6. The minimum atomic E-state index is -1.93. The predicted octanol–water partition coefficient (Wildman–Crippen LogP) is 16.3. The quantitative estimate of drug-likeness (QED) is 0.0228. The van der Waals surface area contributed by atoms with Crippen LogP contribution < -0.4 is 0 Å². The Labute approximate surface area is 489 Å². The number of aliphatic hydroxyl groups is 2. The number of unbranched alkanes of at least 4 members (excludes halogenated alkanes) is 12. The summed E-state index contributed by atoms with van der Waals surface area (Å²) in [4.78, 5) is 51.2. The van der Waals surface area contributed by atoms with Crippen molar-refractivity contribution in [3.05, 3.63) is 146 Å². The minimum Gasteiger partial charge on any atom is -0.479 e. The molecule has 3 N–H and O–H groups in total. The van der Waals surface area contributed by atoms with Crippen molar-refractivity contribution in [2.75, 3.05) is 13.2 Å². The molecule has 6 unspecified atom stereocenters. The lowest BCUT2D eigenvalue weighted by Crippen LogP contribution is -2.61. The van der Waals surface area contributed by atoms with Gasteiger partial charge in [0.2, 0.25) is 0 Å². The van der Waals surface area contributed by atoms with Gasteiger partial charge in [0.1, 0.15) is 18.8 Å². The molecule has 0 amide bonds. The Bertz CT molecular complexity index is 1960. The van der Waals surface area contributed by atoms with E-state index in [2.05, 4.69) is 167 Å². The molecule has 454 valence electrons. The third-order valence-corrected chi connectivity index (χ3v) is 12.9. The van der Waals surface area contributed by atoms with Crippen LogP contribution in [0.25, 0.3) is 0 Å². The van der Waals surface area contributed by atoms with E-state index in [9.17, 15) is 34.5 Å². The van der Waals surface area contributed by atoms with E-state index < -0.39 is 67.3 Å². The van der Waals surface area contributed by atoms with Crippen LogP contribution in [0.2, 0.25) is 0 Å². The molecule has 1 fully saturated rings. The Morgan fingerprint density at radius 3 is 1.20 bits per heavy atom.